The van der Waals surface area contributed by atoms with Crippen molar-refractivity contribution in [3.8, 4) is 22.9 Å². The summed E-state index contributed by atoms with van der Waals surface area (Å²) in [4.78, 5) is 29.4. The Morgan fingerprint density at radius 3 is 2.53 bits per heavy atom. The van der Waals surface area contributed by atoms with Crippen molar-refractivity contribution in [1.29, 1.82) is 0 Å². The van der Waals surface area contributed by atoms with Crippen LogP contribution in [0, 0.1) is 10.1 Å². The summed E-state index contributed by atoms with van der Waals surface area (Å²) in [5, 5.41) is 16.7. The maximum atomic E-state index is 13.4. The van der Waals surface area contributed by atoms with Crippen LogP contribution in [0.3, 0.4) is 0 Å². The van der Waals surface area contributed by atoms with Crippen molar-refractivity contribution < 1.29 is 14.4 Å². The van der Waals surface area contributed by atoms with Gasteiger partial charge in [-0.15, -0.1) is 0 Å². The van der Waals surface area contributed by atoms with Gasteiger partial charge in [0.2, 0.25) is 5.75 Å². The first-order chi connectivity index (χ1) is 17.4. The predicted octanol–water partition coefficient (Wildman–Crippen LogP) is 5.43. The van der Waals surface area contributed by atoms with E-state index in [4.69, 9.17) is 9.47 Å². The van der Waals surface area contributed by atoms with E-state index in [2.05, 4.69) is 10.1 Å². The number of hydrogen-bond donors (Lipinski definition) is 0. The molecular weight excluding hydrogens is 460 g/mol. The van der Waals surface area contributed by atoms with E-state index in [1.54, 1.807) is 31.2 Å². The van der Waals surface area contributed by atoms with Crippen LogP contribution in [0.25, 0.3) is 22.3 Å². The number of nitro groups is 1. The van der Waals surface area contributed by atoms with Crippen LogP contribution >= 0.6 is 0 Å². The molecule has 1 aromatic heterocycles. The molecular formula is C27H26N4O5. The molecule has 0 radical (unpaired) electrons. The largest absolute Gasteiger partial charge is 0.490 e. The quantitative estimate of drug-likeness (QED) is 0.177. The highest BCUT2D eigenvalue weighted by atomic mass is 16.6. The summed E-state index contributed by atoms with van der Waals surface area (Å²) in [7, 11) is 0. The Morgan fingerprint density at radius 2 is 1.83 bits per heavy atom. The number of nitrogens with zero attached hydrogens (tertiary/aromatic N) is 4. The van der Waals surface area contributed by atoms with E-state index in [0.29, 0.717) is 40.9 Å². The molecule has 9 heteroatoms. The molecule has 0 fully saturated rings. The summed E-state index contributed by atoms with van der Waals surface area (Å²) in [5.41, 5.74) is 1.03. The molecule has 4 rings (SSSR count). The second kappa shape index (κ2) is 10.8. The molecule has 0 bridgehead atoms. The third-order valence-corrected chi connectivity index (χ3v) is 5.56. The molecule has 1 atom stereocenters. The summed E-state index contributed by atoms with van der Waals surface area (Å²) >= 11 is 0. The lowest BCUT2D eigenvalue weighted by atomic mass is 10.1. The summed E-state index contributed by atoms with van der Waals surface area (Å²) in [6.45, 7) is 5.84. The van der Waals surface area contributed by atoms with Crippen LogP contribution in [0.1, 0.15) is 32.8 Å². The van der Waals surface area contributed by atoms with Crippen LogP contribution in [-0.2, 0) is 0 Å². The Kier molecular flexibility index (Phi) is 7.39. The Balaban J connectivity index is 1.87. The molecule has 0 aliphatic heterocycles. The molecule has 0 unspecified atom stereocenters. The third-order valence-electron chi connectivity index (χ3n) is 5.56. The van der Waals surface area contributed by atoms with Gasteiger partial charge in [0.1, 0.15) is 0 Å². The molecule has 0 aliphatic rings. The molecule has 3 aromatic carbocycles. The van der Waals surface area contributed by atoms with Crippen molar-refractivity contribution in [1.82, 2.24) is 9.66 Å². The molecule has 0 N–H and O–H groups in total. The van der Waals surface area contributed by atoms with Crippen LogP contribution in [0.15, 0.2) is 76.6 Å². The summed E-state index contributed by atoms with van der Waals surface area (Å²) < 4.78 is 12.7. The molecule has 9 nitrogen and oxygen atoms in total. The molecule has 0 amide bonds. The Hall–Kier alpha value is -4.53. The Bertz CT molecular complexity index is 1480. The first kappa shape index (κ1) is 24.6. The average Bonchev–Trinajstić information content (AvgIpc) is 2.89. The minimum absolute atomic E-state index is 0.0721. The van der Waals surface area contributed by atoms with Gasteiger partial charge in [-0.3, -0.25) is 14.9 Å². The fourth-order valence-electron chi connectivity index (χ4n) is 3.61. The normalized spacial score (nSPS) is 12.1. The summed E-state index contributed by atoms with van der Waals surface area (Å²) in [6, 6.07) is 19.2. The van der Waals surface area contributed by atoms with E-state index in [1.165, 1.54) is 17.0 Å². The first-order valence-electron chi connectivity index (χ1n) is 11.7. The van der Waals surface area contributed by atoms with Crippen molar-refractivity contribution in [2.24, 2.45) is 5.10 Å². The summed E-state index contributed by atoms with van der Waals surface area (Å²) in [5.74, 6) is 0.662. The highest BCUT2D eigenvalue weighted by Crippen LogP contribution is 2.39. The number of fused-ring (bicyclic) bond motifs is 1. The smallest absolute Gasteiger partial charge is 0.315 e. The lowest BCUT2D eigenvalue weighted by Gasteiger charge is -2.16. The maximum absolute atomic E-state index is 13.4. The summed E-state index contributed by atoms with van der Waals surface area (Å²) in [6.07, 6.45) is 1.82. The molecule has 1 heterocycles. The van der Waals surface area contributed by atoms with Crippen LogP contribution in [0.4, 0.5) is 5.69 Å². The van der Waals surface area contributed by atoms with E-state index < -0.39 is 4.92 Å². The highest BCUT2D eigenvalue weighted by Gasteiger charge is 2.24. The van der Waals surface area contributed by atoms with Crippen molar-refractivity contribution in [3.05, 3.63) is 92.8 Å². The van der Waals surface area contributed by atoms with Gasteiger partial charge in [-0.25, -0.2) is 4.98 Å². The lowest BCUT2D eigenvalue weighted by molar-refractivity contribution is -0.386. The topological polar surface area (TPSA) is 109 Å². The van der Waals surface area contributed by atoms with Gasteiger partial charge in [0, 0.05) is 17.2 Å². The first-order valence-corrected chi connectivity index (χ1v) is 11.7. The predicted molar refractivity (Wildman–Crippen MR) is 139 cm³/mol. The van der Waals surface area contributed by atoms with E-state index in [1.807, 2.05) is 50.2 Å². The van der Waals surface area contributed by atoms with E-state index >= 15 is 0 Å². The van der Waals surface area contributed by atoms with Crippen LogP contribution in [0.5, 0.6) is 11.5 Å². The van der Waals surface area contributed by atoms with Crippen molar-refractivity contribution in [3.63, 3.8) is 0 Å². The highest BCUT2D eigenvalue weighted by molar-refractivity contribution is 5.84. The van der Waals surface area contributed by atoms with Crippen molar-refractivity contribution >= 4 is 22.8 Å². The van der Waals surface area contributed by atoms with Gasteiger partial charge in [-0.2, -0.15) is 9.78 Å². The van der Waals surface area contributed by atoms with E-state index in [0.717, 1.165) is 0 Å². The average molecular weight is 487 g/mol. The number of ether oxygens (including phenoxy) is 2. The molecule has 36 heavy (non-hydrogen) atoms. The standard InChI is InChI=1S/C27H26N4O5/c1-4-18(3)36-25-23(31(33)34)15-19(16-24(25)35-5-2)17-28-30-26(20-11-7-6-8-12-20)29-22-14-10-9-13-21(22)27(30)32/h6-18H,4-5H2,1-3H3/t18-/m1/s1. The zero-order valence-electron chi connectivity index (χ0n) is 20.2. The minimum Gasteiger partial charge on any atom is -0.490 e. The molecule has 0 saturated heterocycles. The Morgan fingerprint density at radius 1 is 1.11 bits per heavy atom. The second-order valence-corrected chi connectivity index (χ2v) is 8.07. The number of nitro benzene ring substituents is 1. The van der Waals surface area contributed by atoms with Crippen molar-refractivity contribution in [2.75, 3.05) is 6.61 Å². The molecule has 184 valence electrons. The Labute approximate surface area is 207 Å². The lowest BCUT2D eigenvalue weighted by Crippen LogP contribution is -2.20. The van der Waals surface area contributed by atoms with Gasteiger partial charge in [0.15, 0.2) is 11.6 Å². The molecule has 0 saturated carbocycles. The zero-order chi connectivity index (χ0) is 25.7. The monoisotopic (exact) mass is 486 g/mol. The minimum atomic E-state index is -0.517. The van der Waals surface area contributed by atoms with E-state index in [9.17, 15) is 14.9 Å². The van der Waals surface area contributed by atoms with Gasteiger partial charge in [0.25, 0.3) is 5.56 Å². The fourth-order valence-corrected chi connectivity index (χ4v) is 3.61. The van der Waals surface area contributed by atoms with Crippen molar-refractivity contribution in [2.45, 2.75) is 33.3 Å². The number of hydrogen-bond acceptors (Lipinski definition) is 7. The van der Waals surface area contributed by atoms with E-state index in [-0.39, 0.29) is 28.8 Å². The molecule has 0 spiro atoms. The number of aromatic nitrogens is 2. The van der Waals surface area contributed by atoms with Crippen LogP contribution in [-0.4, -0.2) is 33.5 Å². The second-order valence-electron chi connectivity index (χ2n) is 8.07. The fraction of sp³-hybridized carbons (Fsp3) is 0.222. The van der Waals surface area contributed by atoms with Crippen LogP contribution in [0.2, 0.25) is 0 Å². The third kappa shape index (κ3) is 5.10. The zero-order valence-corrected chi connectivity index (χ0v) is 20.2. The van der Waals surface area contributed by atoms with Gasteiger partial charge < -0.3 is 9.47 Å². The van der Waals surface area contributed by atoms with Crippen LogP contribution < -0.4 is 15.0 Å². The maximum Gasteiger partial charge on any atom is 0.315 e. The van der Waals surface area contributed by atoms with Gasteiger partial charge >= 0.3 is 5.69 Å². The number of benzene rings is 3. The molecule has 0 aliphatic carbocycles. The number of rotatable bonds is 9. The van der Waals surface area contributed by atoms with Gasteiger partial charge in [-0.1, -0.05) is 49.4 Å². The van der Waals surface area contributed by atoms with Gasteiger partial charge in [0.05, 0.1) is 34.8 Å². The molecule has 4 aromatic rings. The number of para-hydroxylation sites is 1. The van der Waals surface area contributed by atoms with Gasteiger partial charge in [-0.05, 0) is 38.5 Å². The SMILES string of the molecule is CCOc1cc(C=Nn2c(-c3ccccc3)nc3ccccc3c2=O)cc([N+](=O)[O-])c1O[C@H](C)CC.